The molecule has 0 saturated carbocycles. The first kappa shape index (κ1) is 29.2. The summed E-state index contributed by atoms with van der Waals surface area (Å²) < 4.78 is 5.02. The molecule has 11 rings (SSSR count). The molecule has 0 aliphatic carbocycles. The number of nitrogens with zero attached hydrogens (tertiary/aromatic N) is 2. The lowest BCUT2D eigenvalue weighted by Gasteiger charge is -2.12. The average Bonchev–Trinajstić information content (AvgIpc) is 3.77. The molecule has 3 heterocycles. The van der Waals surface area contributed by atoms with Gasteiger partial charge in [-0.25, -0.2) is 4.98 Å². The van der Waals surface area contributed by atoms with Crippen molar-refractivity contribution in [1.29, 1.82) is 0 Å². The number of benzene rings is 8. The lowest BCUT2D eigenvalue weighted by molar-refractivity contribution is 1.18. The molecule has 0 radical (unpaired) electrons. The summed E-state index contributed by atoms with van der Waals surface area (Å²) in [6.07, 6.45) is 0. The van der Waals surface area contributed by atoms with Crippen molar-refractivity contribution in [1.82, 2.24) is 9.55 Å². The van der Waals surface area contributed by atoms with E-state index in [-0.39, 0.29) is 0 Å². The van der Waals surface area contributed by atoms with Gasteiger partial charge in [0.05, 0.1) is 22.4 Å². The Morgan fingerprint density at radius 3 is 1.62 bits per heavy atom. The minimum absolute atomic E-state index is 0.957. The Morgan fingerprint density at radius 2 is 0.923 bits per heavy atom. The molecule has 0 saturated heterocycles. The number of rotatable bonds is 4. The van der Waals surface area contributed by atoms with Gasteiger partial charge in [-0.05, 0) is 81.2 Å². The molecule has 0 unspecified atom stereocenters. The molecular formula is C49H30N2S. The van der Waals surface area contributed by atoms with Gasteiger partial charge in [-0.15, -0.1) is 11.3 Å². The van der Waals surface area contributed by atoms with Crippen LogP contribution in [0.4, 0.5) is 0 Å². The van der Waals surface area contributed by atoms with Gasteiger partial charge in [0.25, 0.3) is 0 Å². The third-order valence-corrected chi connectivity index (χ3v) is 11.7. The third-order valence-electron chi connectivity index (χ3n) is 10.6. The first-order valence-electron chi connectivity index (χ1n) is 17.7. The van der Waals surface area contributed by atoms with Crippen LogP contribution in [0.3, 0.4) is 0 Å². The lowest BCUT2D eigenvalue weighted by Crippen LogP contribution is -1.95. The van der Waals surface area contributed by atoms with Crippen LogP contribution in [0.25, 0.3) is 103 Å². The Morgan fingerprint density at radius 1 is 0.365 bits per heavy atom. The number of pyridine rings is 1. The van der Waals surface area contributed by atoms with E-state index in [9.17, 15) is 0 Å². The maximum absolute atomic E-state index is 5.32. The highest BCUT2D eigenvalue weighted by Gasteiger charge is 2.18. The van der Waals surface area contributed by atoms with Gasteiger partial charge in [0.1, 0.15) is 0 Å². The summed E-state index contributed by atoms with van der Waals surface area (Å²) in [5, 5.41) is 10.3. The van der Waals surface area contributed by atoms with Gasteiger partial charge in [-0.2, -0.15) is 0 Å². The summed E-state index contributed by atoms with van der Waals surface area (Å²) in [6, 6.07) is 66.0. The van der Waals surface area contributed by atoms with Crippen LogP contribution in [0.5, 0.6) is 0 Å². The Kier molecular flexibility index (Phi) is 6.46. The minimum Gasteiger partial charge on any atom is -0.309 e. The van der Waals surface area contributed by atoms with Crippen LogP contribution in [-0.4, -0.2) is 9.55 Å². The molecule has 3 aromatic heterocycles. The van der Waals surface area contributed by atoms with Crippen molar-refractivity contribution >= 4 is 74.9 Å². The number of fused-ring (bicyclic) bond motifs is 10. The highest BCUT2D eigenvalue weighted by molar-refractivity contribution is 7.25. The SMILES string of the molecule is c1ccc(-c2cc(-c3ccc(-n4c5ccc6ccccc6c5c5c6ccccc6ccc54)cc3)nc(-c3ccc4c(c3)sc3ccccc34)c2)cc1. The van der Waals surface area contributed by atoms with Gasteiger partial charge in [-0.1, -0.05) is 133 Å². The van der Waals surface area contributed by atoms with Gasteiger partial charge in [0, 0.05) is 47.8 Å². The van der Waals surface area contributed by atoms with E-state index in [1.807, 2.05) is 11.3 Å². The molecule has 8 aromatic carbocycles. The molecule has 11 aromatic rings. The Balaban J connectivity index is 1.08. The summed E-state index contributed by atoms with van der Waals surface area (Å²) >= 11 is 1.84. The van der Waals surface area contributed by atoms with E-state index < -0.39 is 0 Å². The molecule has 0 amide bonds. The van der Waals surface area contributed by atoms with Gasteiger partial charge in [0.15, 0.2) is 0 Å². The summed E-state index contributed by atoms with van der Waals surface area (Å²) in [7, 11) is 0. The minimum atomic E-state index is 0.957. The fourth-order valence-electron chi connectivity index (χ4n) is 8.12. The number of aromatic nitrogens is 2. The molecule has 0 atom stereocenters. The number of hydrogen-bond acceptors (Lipinski definition) is 2. The van der Waals surface area contributed by atoms with E-state index in [1.54, 1.807) is 0 Å². The van der Waals surface area contributed by atoms with Crippen molar-refractivity contribution in [3.05, 3.63) is 182 Å². The normalized spacial score (nSPS) is 11.8. The predicted molar refractivity (Wildman–Crippen MR) is 223 cm³/mol. The van der Waals surface area contributed by atoms with Gasteiger partial charge in [-0.3, -0.25) is 0 Å². The van der Waals surface area contributed by atoms with Gasteiger partial charge in [0.2, 0.25) is 0 Å². The second-order valence-electron chi connectivity index (χ2n) is 13.5. The molecule has 2 nitrogen and oxygen atoms in total. The van der Waals surface area contributed by atoms with Crippen LogP contribution < -0.4 is 0 Å². The second kappa shape index (κ2) is 11.5. The van der Waals surface area contributed by atoms with Crippen LogP contribution in [0.15, 0.2) is 182 Å². The molecule has 52 heavy (non-hydrogen) atoms. The van der Waals surface area contributed by atoms with Gasteiger partial charge >= 0.3 is 0 Å². The molecule has 0 aliphatic heterocycles. The Bertz CT molecular complexity index is 3080. The van der Waals surface area contributed by atoms with E-state index in [2.05, 4.69) is 187 Å². The zero-order chi connectivity index (χ0) is 34.2. The van der Waals surface area contributed by atoms with E-state index >= 15 is 0 Å². The van der Waals surface area contributed by atoms with Crippen molar-refractivity contribution in [3.8, 4) is 39.3 Å². The molecule has 0 bridgehead atoms. The zero-order valence-corrected chi connectivity index (χ0v) is 28.9. The van der Waals surface area contributed by atoms with Crippen LogP contribution >= 0.6 is 11.3 Å². The third kappa shape index (κ3) is 4.53. The standard InChI is InChI=1S/C49H30N2S/c1-2-10-31(11-3-1)36-28-42(50-43(29-36)35-20-25-41-40-16-8-9-17-46(40)52-47(41)30-35)34-18-23-37(24-19-34)51-44-26-21-32-12-4-6-14-38(32)48(44)49-39-15-7-5-13-33(39)22-27-45(49)51/h1-30H. The van der Waals surface area contributed by atoms with Crippen LogP contribution in [0, 0.1) is 0 Å². The smallest absolute Gasteiger partial charge is 0.0716 e. The van der Waals surface area contributed by atoms with Crippen LogP contribution in [-0.2, 0) is 0 Å². The van der Waals surface area contributed by atoms with Crippen molar-refractivity contribution in [2.75, 3.05) is 0 Å². The maximum atomic E-state index is 5.32. The van der Waals surface area contributed by atoms with E-state index in [4.69, 9.17) is 4.98 Å². The molecule has 0 N–H and O–H groups in total. The Labute approximate surface area is 304 Å². The van der Waals surface area contributed by atoms with Crippen molar-refractivity contribution < 1.29 is 0 Å². The number of thiophene rings is 1. The predicted octanol–water partition coefficient (Wildman–Crippen LogP) is 13.9. The second-order valence-corrected chi connectivity index (χ2v) is 14.6. The largest absolute Gasteiger partial charge is 0.309 e. The first-order chi connectivity index (χ1) is 25.8. The highest BCUT2D eigenvalue weighted by Crippen LogP contribution is 2.41. The molecule has 0 spiro atoms. The molecule has 0 fully saturated rings. The van der Waals surface area contributed by atoms with Gasteiger partial charge < -0.3 is 4.57 Å². The highest BCUT2D eigenvalue weighted by atomic mass is 32.1. The van der Waals surface area contributed by atoms with Crippen molar-refractivity contribution in [2.45, 2.75) is 0 Å². The monoisotopic (exact) mass is 678 g/mol. The Hall–Kier alpha value is -6.55. The topological polar surface area (TPSA) is 17.8 Å². The van der Waals surface area contributed by atoms with E-state index in [0.29, 0.717) is 0 Å². The first-order valence-corrected chi connectivity index (χ1v) is 18.5. The quantitative estimate of drug-likeness (QED) is 0.181. The van der Waals surface area contributed by atoms with Crippen molar-refractivity contribution in [2.24, 2.45) is 0 Å². The molecule has 3 heteroatoms. The lowest BCUT2D eigenvalue weighted by atomic mass is 9.99. The molecule has 0 aliphatic rings. The fraction of sp³-hybridized carbons (Fsp3) is 0. The van der Waals surface area contributed by atoms with Crippen LogP contribution in [0.1, 0.15) is 0 Å². The summed E-state index contributed by atoms with van der Waals surface area (Å²) in [6.45, 7) is 0. The summed E-state index contributed by atoms with van der Waals surface area (Å²) in [4.78, 5) is 5.32. The summed E-state index contributed by atoms with van der Waals surface area (Å²) in [5.41, 5.74) is 10.0. The van der Waals surface area contributed by atoms with E-state index in [0.717, 1.165) is 33.8 Å². The maximum Gasteiger partial charge on any atom is 0.0716 e. The molecular weight excluding hydrogens is 649 g/mol. The fourth-order valence-corrected chi connectivity index (χ4v) is 9.26. The van der Waals surface area contributed by atoms with Crippen molar-refractivity contribution in [3.63, 3.8) is 0 Å². The van der Waals surface area contributed by atoms with E-state index in [1.165, 1.54) is 69.1 Å². The summed E-state index contributed by atoms with van der Waals surface area (Å²) in [5.74, 6) is 0. The zero-order valence-electron chi connectivity index (χ0n) is 28.1. The molecule has 242 valence electrons. The van der Waals surface area contributed by atoms with Crippen LogP contribution in [0.2, 0.25) is 0 Å². The number of hydrogen-bond donors (Lipinski definition) is 0. The average molecular weight is 679 g/mol.